The number of ether oxygens (including phenoxy) is 1. The van der Waals surface area contributed by atoms with E-state index in [0.717, 1.165) is 12.8 Å². The van der Waals surface area contributed by atoms with Gasteiger partial charge in [-0.05, 0) is 30.9 Å². The van der Waals surface area contributed by atoms with Crippen molar-refractivity contribution in [1.29, 1.82) is 0 Å². The maximum atomic E-state index is 12.4. The van der Waals surface area contributed by atoms with Crippen LogP contribution in [0.3, 0.4) is 0 Å². The summed E-state index contributed by atoms with van der Waals surface area (Å²) < 4.78 is 5.13. The van der Waals surface area contributed by atoms with E-state index < -0.39 is 5.97 Å². The molecule has 20 heavy (non-hydrogen) atoms. The van der Waals surface area contributed by atoms with Crippen LogP contribution in [0.5, 0.6) is 0 Å². The lowest BCUT2D eigenvalue weighted by atomic mass is 9.98. The molecule has 108 valence electrons. The van der Waals surface area contributed by atoms with Crippen LogP contribution < -0.4 is 0 Å². The zero-order valence-corrected chi connectivity index (χ0v) is 11.4. The molecule has 1 unspecified atom stereocenters. The summed E-state index contributed by atoms with van der Waals surface area (Å²) >= 11 is 0. The Hall–Kier alpha value is -1.95. The van der Waals surface area contributed by atoms with Crippen molar-refractivity contribution < 1.29 is 19.4 Å². The Morgan fingerprint density at radius 1 is 1.55 bits per heavy atom. The highest BCUT2D eigenvalue weighted by atomic mass is 16.5. The van der Waals surface area contributed by atoms with Gasteiger partial charge in [-0.25, -0.2) is 4.79 Å². The van der Waals surface area contributed by atoms with Gasteiger partial charge < -0.3 is 14.7 Å². The minimum atomic E-state index is -1.13. The monoisotopic (exact) mass is 278 g/mol. The van der Waals surface area contributed by atoms with Crippen LogP contribution in [0.1, 0.15) is 33.7 Å². The number of carboxylic acid groups (broad SMARTS) is 1. The standard InChI is InChI=1S/C14H18N2O4/c1-20-9-10-4-3-7-16(8-10)13(17)12-11(14(18)19)5-2-6-15-12/h2,5-6,10H,3-4,7-9H2,1H3,(H,18,19). The molecule has 0 radical (unpaired) electrons. The van der Waals surface area contributed by atoms with Gasteiger partial charge in [-0.1, -0.05) is 0 Å². The molecule has 0 aliphatic carbocycles. The lowest BCUT2D eigenvalue weighted by Gasteiger charge is -2.32. The molecular formula is C14H18N2O4. The van der Waals surface area contributed by atoms with Crippen molar-refractivity contribution >= 4 is 11.9 Å². The molecule has 1 atom stereocenters. The van der Waals surface area contributed by atoms with Gasteiger partial charge in [-0.3, -0.25) is 9.78 Å². The predicted octanol–water partition coefficient (Wildman–Crippen LogP) is 1.28. The summed E-state index contributed by atoms with van der Waals surface area (Å²) in [4.78, 5) is 29.2. The smallest absolute Gasteiger partial charge is 0.338 e. The van der Waals surface area contributed by atoms with Gasteiger partial charge in [0.15, 0.2) is 0 Å². The topological polar surface area (TPSA) is 79.7 Å². The summed E-state index contributed by atoms with van der Waals surface area (Å²) in [5, 5.41) is 9.12. The van der Waals surface area contributed by atoms with Gasteiger partial charge in [0, 0.05) is 26.4 Å². The molecule has 1 aliphatic rings. The number of amides is 1. The van der Waals surface area contributed by atoms with E-state index in [1.807, 2.05) is 0 Å². The Balaban J connectivity index is 2.17. The maximum Gasteiger partial charge on any atom is 0.338 e. The second kappa shape index (κ2) is 6.47. The number of aromatic nitrogens is 1. The summed E-state index contributed by atoms with van der Waals surface area (Å²) in [6.07, 6.45) is 3.36. The minimum Gasteiger partial charge on any atom is -0.478 e. The van der Waals surface area contributed by atoms with Gasteiger partial charge in [-0.15, -0.1) is 0 Å². The number of nitrogens with zero attached hydrogens (tertiary/aromatic N) is 2. The summed E-state index contributed by atoms with van der Waals surface area (Å²) in [7, 11) is 1.64. The third kappa shape index (κ3) is 3.14. The predicted molar refractivity (Wildman–Crippen MR) is 71.7 cm³/mol. The Kier molecular flexibility index (Phi) is 4.68. The van der Waals surface area contributed by atoms with Crippen molar-refractivity contribution in [2.24, 2.45) is 5.92 Å². The molecule has 6 nitrogen and oxygen atoms in total. The number of rotatable bonds is 4. The highest BCUT2D eigenvalue weighted by molar-refractivity contribution is 6.03. The molecule has 1 aromatic heterocycles. The van der Waals surface area contributed by atoms with Gasteiger partial charge in [-0.2, -0.15) is 0 Å². The summed E-state index contributed by atoms with van der Waals surface area (Å²) in [6, 6.07) is 2.92. The van der Waals surface area contributed by atoms with Crippen LogP contribution >= 0.6 is 0 Å². The molecule has 1 aromatic rings. The van der Waals surface area contributed by atoms with Crippen molar-refractivity contribution in [2.75, 3.05) is 26.8 Å². The average Bonchev–Trinajstić information content (AvgIpc) is 2.47. The summed E-state index contributed by atoms with van der Waals surface area (Å²) in [6.45, 7) is 1.83. The molecule has 0 bridgehead atoms. The number of hydrogen-bond donors (Lipinski definition) is 1. The van der Waals surface area contributed by atoms with E-state index in [4.69, 9.17) is 9.84 Å². The molecule has 6 heteroatoms. The Morgan fingerprint density at radius 3 is 3.05 bits per heavy atom. The first-order chi connectivity index (χ1) is 9.63. The molecule has 2 heterocycles. The SMILES string of the molecule is COCC1CCCN(C(=O)c2ncccc2C(=O)O)C1. The quantitative estimate of drug-likeness (QED) is 0.897. The fourth-order valence-electron chi connectivity index (χ4n) is 2.52. The van der Waals surface area contributed by atoms with Crippen molar-refractivity contribution in [3.05, 3.63) is 29.6 Å². The van der Waals surface area contributed by atoms with Crippen LogP contribution in [0.15, 0.2) is 18.3 Å². The zero-order valence-electron chi connectivity index (χ0n) is 11.4. The fraction of sp³-hybridized carbons (Fsp3) is 0.500. The zero-order chi connectivity index (χ0) is 14.5. The van der Waals surface area contributed by atoms with E-state index in [1.165, 1.54) is 18.3 Å². The second-order valence-corrected chi connectivity index (χ2v) is 4.92. The normalized spacial score (nSPS) is 18.9. The van der Waals surface area contributed by atoms with E-state index >= 15 is 0 Å². The number of carbonyl (C=O) groups excluding carboxylic acids is 1. The number of carboxylic acids is 1. The molecular weight excluding hydrogens is 260 g/mol. The number of piperidine rings is 1. The highest BCUT2D eigenvalue weighted by Gasteiger charge is 2.27. The van der Waals surface area contributed by atoms with Crippen LogP contribution in [0.25, 0.3) is 0 Å². The average molecular weight is 278 g/mol. The molecule has 0 aromatic carbocycles. The van der Waals surface area contributed by atoms with E-state index in [0.29, 0.717) is 25.6 Å². The van der Waals surface area contributed by atoms with Gasteiger partial charge in [0.05, 0.1) is 12.2 Å². The molecule has 1 aliphatic heterocycles. The van der Waals surface area contributed by atoms with Crippen LogP contribution in [-0.4, -0.2) is 53.7 Å². The summed E-state index contributed by atoms with van der Waals surface area (Å²) in [5.74, 6) is -1.15. The van der Waals surface area contributed by atoms with Gasteiger partial charge in [0.2, 0.25) is 0 Å². The molecule has 2 rings (SSSR count). The highest BCUT2D eigenvalue weighted by Crippen LogP contribution is 2.19. The number of pyridine rings is 1. The van der Waals surface area contributed by atoms with E-state index in [-0.39, 0.29) is 17.2 Å². The van der Waals surface area contributed by atoms with Crippen molar-refractivity contribution in [3.63, 3.8) is 0 Å². The van der Waals surface area contributed by atoms with Crippen LogP contribution in [0.4, 0.5) is 0 Å². The van der Waals surface area contributed by atoms with Gasteiger partial charge in [0.25, 0.3) is 5.91 Å². The maximum absolute atomic E-state index is 12.4. The number of carbonyl (C=O) groups is 2. The molecule has 1 N–H and O–H groups in total. The largest absolute Gasteiger partial charge is 0.478 e. The first kappa shape index (κ1) is 14.5. The fourth-order valence-corrected chi connectivity index (χ4v) is 2.52. The van der Waals surface area contributed by atoms with Crippen molar-refractivity contribution in [3.8, 4) is 0 Å². The van der Waals surface area contributed by atoms with E-state index in [2.05, 4.69) is 4.98 Å². The first-order valence-corrected chi connectivity index (χ1v) is 6.60. The number of hydrogen-bond acceptors (Lipinski definition) is 4. The third-order valence-electron chi connectivity index (χ3n) is 3.45. The number of methoxy groups -OCH3 is 1. The lowest BCUT2D eigenvalue weighted by molar-refractivity contribution is 0.0554. The molecule has 1 saturated heterocycles. The van der Waals surface area contributed by atoms with Crippen LogP contribution in [0, 0.1) is 5.92 Å². The van der Waals surface area contributed by atoms with Gasteiger partial charge >= 0.3 is 5.97 Å². The van der Waals surface area contributed by atoms with E-state index in [9.17, 15) is 9.59 Å². The molecule has 1 amide bonds. The lowest BCUT2D eigenvalue weighted by Crippen LogP contribution is -2.42. The Labute approximate surface area is 117 Å². The van der Waals surface area contributed by atoms with Crippen molar-refractivity contribution in [2.45, 2.75) is 12.8 Å². The van der Waals surface area contributed by atoms with Crippen LogP contribution in [0.2, 0.25) is 0 Å². The molecule has 1 fully saturated rings. The Bertz CT molecular complexity index is 502. The number of aromatic carboxylic acids is 1. The number of likely N-dealkylation sites (tertiary alicyclic amines) is 1. The second-order valence-electron chi connectivity index (χ2n) is 4.92. The molecule has 0 saturated carbocycles. The van der Waals surface area contributed by atoms with Crippen molar-refractivity contribution in [1.82, 2.24) is 9.88 Å². The van der Waals surface area contributed by atoms with E-state index in [1.54, 1.807) is 12.0 Å². The molecule has 0 spiro atoms. The minimum absolute atomic E-state index is 0.0121. The van der Waals surface area contributed by atoms with Crippen LogP contribution in [-0.2, 0) is 4.74 Å². The Morgan fingerprint density at radius 2 is 2.35 bits per heavy atom. The first-order valence-electron chi connectivity index (χ1n) is 6.60. The third-order valence-corrected chi connectivity index (χ3v) is 3.45. The van der Waals surface area contributed by atoms with Gasteiger partial charge in [0.1, 0.15) is 5.69 Å². The summed E-state index contributed by atoms with van der Waals surface area (Å²) in [5.41, 5.74) is -0.0376.